The number of pyridine rings is 1. The van der Waals surface area contributed by atoms with E-state index in [2.05, 4.69) is 173 Å². The molecule has 0 aliphatic rings. The Morgan fingerprint density at radius 3 is 1.66 bits per heavy atom. The van der Waals surface area contributed by atoms with Crippen molar-refractivity contribution < 1.29 is 4.74 Å². The van der Waals surface area contributed by atoms with Crippen LogP contribution in [0.1, 0.15) is 0 Å². The SMILES string of the molecule is c1ccc(Oc2ccc(N(c3ccccc3)c3ccc(-c4ccc5c6ccccc6c6c(c(-c7ccccc7)c7ccccn76)c5c4)cc3)cc2)cc1. The van der Waals surface area contributed by atoms with E-state index in [0.29, 0.717) is 0 Å². The second-order valence-electron chi connectivity index (χ2n) is 13.4. The number of anilines is 3. The number of aromatic nitrogens is 1. The molecule has 0 amide bonds. The van der Waals surface area contributed by atoms with E-state index in [1.165, 1.54) is 60.2 Å². The fourth-order valence-corrected chi connectivity index (χ4v) is 7.84. The van der Waals surface area contributed by atoms with E-state index in [-0.39, 0.29) is 0 Å². The molecule has 0 bridgehead atoms. The van der Waals surface area contributed by atoms with Crippen molar-refractivity contribution in [1.82, 2.24) is 4.40 Å². The molecule has 0 spiro atoms. The third-order valence-electron chi connectivity index (χ3n) is 10.2. The Balaban J connectivity index is 1.10. The summed E-state index contributed by atoms with van der Waals surface area (Å²) >= 11 is 0. The fourth-order valence-electron chi connectivity index (χ4n) is 7.84. The lowest BCUT2D eigenvalue weighted by Gasteiger charge is -2.26. The summed E-state index contributed by atoms with van der Waals surface area (Å²) in [5.41, 5.74) is 10.5. The van der Waals surface area contributed by atoms with Crippen molar-refractivity contribution in [2.75, 3.05) is 4.90 Å². The quantitative estimate of drug-likeness (QED) is 0.156. The van der Waals surface area contributed by atoms with E-state index in [0.717, 1.165) is 28.6 Å². The lowest BCUT2D eigenvalue weighted by molar-refractivity contribution is 0.483. The molecule has 0 fully saturated rings. The van der Waals surface area contributed by atoms with Gasteiger partial charge >= 0.3 is 0 Å². The molecule has 53 heavy (non-hydrogen) atoms. The third-order valence-corrected chi connectivity index (χ3v) is 10.2. The highest BCUT2D eigenvalue weighted by Crippen LogP contribution is 2.45. The van der Waals surface area contributed by atoms with Gasteiger partial charge < -0.3 is 14.0 Å². The van der Waals surface area contributed by atoms with E-state index in [1.54, 1.807) is 0 Å². The molecule has 0 saturated heterocycles. The van der Waals surface area contributed by atoms with Crippen molar-refractivity contribution in [1.29, 1.82) is 0 Å². The minimum Gasteiger partial charge on any atom is -0.457 e. The normalized spacial score (nSPS) is 11.4. The van der Waals surface area contributed by atoms with Crippen LogP contribution in [0.5, 0.6) is 11.5 Å². The first kappa shape index (κ1) is 30.7. The number of hydrogen-bond acceptors (Lipinski definition) is 2. The van der Waals surface area contributed by atoms with Gasteiger partial charge in [-0.1, -0.05) is 121 Å². The van der Waals surface area contributed by atoms with Crippen LogP contribution in [-0.4, -0.2) is 4.40 Å². The van der Waals surface area contributed by atoms with Gasteiger partial charge in [-0.25, -0.2) is 0 Å². The van der Waals surface area contributed by atoms with Gasteiger partial charge in [0.25, 0.3) is 0 Å². The maximum Gasteiger partial charge on any atom is 0.127 e. The van der Waals surface area contributed by atoms with Crippen molar-refractivity contribution in [2.24, 2.45) is 0 Å². The van der Waals surface area contributed by atoms with Crippen molar-refractivity contribution in [3.8, 4) is 33.8 Å². The van der Waals surface area contributed by atoms with Crippen LogP contribution < -0.4 is 9.64 Å². The highest BCUT2D eigenvalue weighted by molar-refractivity contribution is 6.30. The van der Waals surface area contributed by atoms with Crippen LogP contribution in [0, 0.1) is 0 Å². The highest BCUT2D eigenvalue weighted by atomic mass is 16.5. The van der Waals surface area contributed by atoms with Gasteiger partial charge in [-0.05, 0) is 112 Å². The predicted molar refractivity (Wildman–Crippen MR) is 222 cm³/mol. The van der Waals surface area contributed by atoms with Crippen LogP contribution in [0.25, 0.3) is 60.2 Å². The van der Waals surface area contributed by atoms with E-state index >= 15 is 0 Å². The number of fused-ring (bicyclic) bond motifs is 8. The van der Waals surface area contributed by atoms with Gasteiger partial charge in [0, 0.05) is 39.6 Å². The van der Waals surface area contributed by atoms with Crippen LogP contribution in [0.15, 0.2) is 206 Å². The summed E-state index contributed by atoms with van der Waals surface area (Å²) in [5.74, 6) is 1.62. The molecule has 10 aromatic rings. The summed E-state index contributed by atoms with van der Waals surface area (Å²) in [5, 5.41) is 6.32. The lowest BCUT2D eigenvalue weighted by atomic mass is 9.91. The molecule has 2 heterocycles. The standard InChI is InChI=1S/C50H34N2O/c1-4-14-36(15-5-1)48-47-22-12-13-33-51(47)50-45-21-11-10-20-43(45)44-32-25-37(34-46(44)49(48)50)35-23-26-39(27-24-35)52(38-16-6-2-7-17-38)40-28-30-42(31-29-40)53-41-18-8-3-9-19-41/h1-34H. The summed E-state index contributed by atoms with van der Waals surface area (Å²) in [6.45, 7) is 0. The second kappa shape index (κ2) is 12.9. The van der Waals surface area contributed by atoms with Crippen LogP contribution in [0.4, 0.5) is 17.1 Å². The zero-order valence-corrected chi connectivity index (χ0v) is 28.9. The number of benzene rings is 8. The van der Waals surface area contributed by atoms with Crippen molar-refractivity contribution in [2.45, 2.75) is 0 Å². The van der Waals surface area contributed by atoms with E-state index in [4.69, 9.17) is 4.74 Å². The van der Waals surface area contributed by atoms with Crippen molar-refractivity contribution in [3.05, 3.63) is 206 Å². The summed E-state index contributed by atoms with van der Waals surface area (Å²) in [6.07, 6.45) is 2.20. The Morgan fingerprint density at radius 2 is 0.925 bits per heavy atom. The predicted octanol–water partition coefficient (Wildman–Crippen LogP) is 14.0. The summed E-state index contributed by atoms with van der Waals surface area (Å²) < 4.78 is 8.47. The summed E-state index contributed by atoms with van der Waals surface area (Å²) in [4.78, 5) is 2.28. The van der Waals surface area contributed by atoms with Gasteiger partial charge in [-0.2, -0.15) is 0 Å². The Kier molecular flexibility index (Phi) is 7.47. The molecule has 3 heteroatoms. The lowest BCUT2D eigenvalue weighted by Crippen LogP contribution is -2.09. The van der Waals surface area contributed by atoms with E-state index < -0.39 is 0 Å². The maximum atomic E-state index is 6.10. The molecule has 0 N–H and O–H groups in total. The fraction of sp³-hybridized carbons (Fsp3) is 0. The summed E-state index contributed by atoms with van der Waals surface area (Å²) in [7, 11) is 0. The van der Waals surface area contributed by atoms with Gasteiger partial charge in [0.15, 0.2) is 0 Å². The minimum atomic E-state index is 0.799. The van der Waals surface area contributed by atoms with Crippen LogP contribution in [0.3, 0.4) is 0 Å². The van der Waals surface area contributed by atoms with E-state index in [9.17, 15) is 0 Å². The van der Waals surface area contributed by atoms with Crippen LogP contribution >= 0.6 is 0 Å². The maximum absolute atomic E-state index is 6.10. The van der Waals surface area contributed by atoms with E-state index in [1.807, 2.05) is 42.5 Å². The Labute approximate surface area is 308 Å². The Morgan fingerprint density at radius 1 is 0.377 bits per heavy atom. The molecule has 0 radical (unpaired) electrons. The average molecular weight is 679 g/mol. The molecule has 8 aromatic carbocycles. The second-order valence-corrected chi connectivity index (χ2v) is 13.4. The van der Waals surface area contributed by atoms with Gasteiger partial charge in [0.2, 0.25) is 0 Å². The Bertz CT molecular complexity index is 2880. The van der Waals surface area contributed by atoms with Gasteiger partial charge in [0.1, 0.15) is 11.5 Å². The average Bonchev–Trinajstić information content (AvgIpc) is 3.59. The molecule has 3 nitrogen and oxygen atoms in total. The topological polar surface area (TPSA) is 16.9 Å². The number of para-hydroxylation sites is 2. The molecule has 0 saturated carbocycles. The monoisotopic (exact) mass is 678 g/mol. The Hall–Kier alpha value is -7.10. The molecular weight excluding hydrogens is 645 g/mol. The van der Waals surface area contributed by atoms with Gasteiger partial charge in [-0.3, -0.25) is 0 Å². The smallest absolute Gasteiger partial charge is 0.127 e. The molecule has 0 unspecified atom stereocenters. The molecule has 2 aromatic heterocycles. The first-order chi connectivity index (χ1) is 26.3. The molecular formula is C50H34N2O. The third kappa shape index (κ3) is 5.38. The van der Waals surface area contributed by atoms with Crippen LogP contribution in [-0.2, 0) is 0 Å². The molecule has 0 atom stereocenters. The zero-order chi connectivity index (χ0) is 35.1. The number of rotatable bonds is 7. The molecule has 0 aliphatic heterocycles. The largest absolute Gasteiger partial charge is 0.457 e. The van der Waals surface area contributed by atoms with Gasteiger partial charge in [-0.15, -0.1) is 0 Å². The summed E-state index contributed by atoms with van der Waals surface area (Å²) in [6, 6.07) is 70.8. The van der Waals surface area contributed by atoms with Crippen molar-refractivity contribution >= 4 is 55.0 Å². The highest BCUT2D eigenvalue weighted by Gasteiger charge is 2.20. The zero-order valence-electron chi connectivity index (χ0n) is 28.9. The number of hydrogen-bond donors (Lipinski definition) is 0. The number of ether oxygens (including phenoxy) is 1. The minimum absolute atomic E-state index is 0.799. The van der Waals surface area contributed by atoms with Crippen LogP contribution in [0.2, 0.25) is 0 Å². The molecule has 250 valence electrons. The molecule has 10 rings (SSSR count). The number of nitrogens with zero attached hydrogens (tertiary/aromatic N) is 2. The molecule has 0 aliphatic carbocycles. The first-order valence-corrected chi connectivity index (χ1v) is 18.0. The van der Waals surface area contributed by atoms with Gasteiger partial charge in [0.05, 0.1) is 11.0 Å². The first-order valence-electron chi connectivity index (χ1n) is 18.0. The van der Waals surface area contributed by atoms with Crippen molar-refractivity contribution in [3.63, 3.8) is 0 Å².